The van der Waals surface area contributed by atoms with Crippen LogP contribution < -0.4 is 4.90 Å². The molecule has 0 atom stereocenters. The lowest BCUT2D eigenvalue weighted by molar-refractivity contribution is -0.118. The Kier molecular flexibility index (Phi) is 5.41. The number of amides is 1. The number of aryl methyl sites for hydroxylation is 1. The van der Waals surface area contributed by atoms with Crippen LogP contribution >= 0.6 is 23.2 Å². The van der Waals surface area contributed by atoms with Gasteiger partial charge in [-0.25, -0.2) is 4.98 Å². The van der Waals surface area contributed by atoms with Crippen molar-refractivity contribution in [3.05, 3.63) is 70.7 Å². The van der Waals surface area contributed by atoms with Crippen molar-refractivity contribution in [2.24, 2.45) is 0 Å². The summed E-state index contributed by atoms with van der Waals surface area (Å²) in [5, 5.41) is 1.05. The number of rotatable bonds is 5. The fourth-order valence-corrected chi connectivity index (χ4v) is 2.92. The Morgan fingerprint density at radius 1 is 1.16 bits per heavy atom. The van der Waals surface area contributed by atoms with Gasteiger partial charge in [0.1, 0.15) is 0 Å². The zero-order valence-electron chi connectivity index (χ0n) is 13.6. The number of hydrogen-bond acceptors (Lipinski definition) is 3. The van der Waals surface area contributed by atoms with E-state index < -0.39 is 0 Å². The van der Waals surface area contributed by atoms with Gasteiger partial charge in [0.2, 0.25) is 5.91 Å². The number of aromatic nitrogens is 1. The Labute approximate surface area is 156 Å². The third-order valence-corrected chi connectivity index (χ3v) is 4.37. The van der Waals surface area contributed by atoms with Crippen LogP contribution in [0.3, 0.4) is 0 Å². The molecule has 128 valence electrons. The molecule has 0 fully saturated rings. The average molecular weight is 375 g/mol. The van der Waals surface area contributed by atoms with E-state index in [0.717, 1.165) is 11.3 Å². The van der Waals surface area contributed by atoms with Gasteiger partial charge in [0.05, 0.1) is 11.2 Å². The van der Waals surface area contributed by atoms with Crippen molar-refractivity contribution in [3.8, 4) is 11.3 Å². The quantitative estimate of drug-likeness (QED) is 0.612. The monoisotopic (exact) mass is 374 g/mol. The summed E-state index contributed by atoms with van der Waals surface area (Å²) in [6, 6.07) is 14.7. The first-order chi connectivity index (χ1) is 12.0. The minimum atomic E-state index is -0.00419. The van der Waals surface area contributed by atoms with Crippen LogP contribution in [0.5, 0.6) is 0 Å². The Morgan fingerprint density at radius 3 is 2.64 bits per heavy atom. The molecule has 0 aliphatic carbocycles. The molecule has 3 rings (SSSR count). The third kappa shape index (κ3) is 4.21. The summed E-state index contributed by atoms with van der Waals surface area (Å²) < 4.78 is 5.72. The maximum absolute atomic E-state index is 12.3. The van der Waals surface area contributed by atoms with Crippen molar-refractivity contribution in [2.75, 3.05) is 11.9 Å². The molecule has 1 amide bonds. The summed E-state index contributed by atoms with van der Waals surface area (Å²) in [6.07, 6.45) is 2.33. The molecule has 0 spiro atoms. The predicted molar refractivity (Wildman–Crippen MR) is 100 cm³/mol. The molecule has 0 saturated carbocycles. The Morgan fingerprint density at radius 2 is 1.92 bits per heavy atom. The van der Waals surface area contributed by atoms with Gasteiger partial charge in [-0.05, 0) is 30.3 Å². The molecule has 4 nitrogen and oxygen atoms in total. The largest absolute Gasteiger partial charge is 0.441 e. The van der Waals surface area contributed by atoms with Gasteiger partial charge in [-0.3, -0.25) is 4.79 Å². The number of halogens is 2. The first-order valence-corrected chi connectivity index (χ1v) is 8.52. The highest BCUT2D eigenvalue weighted by atomic mass is 35.5. The summed E-state index contributed by atoms with van der Waals surface area (Å²) in [6.45, 7) is 0. The summed E-state index contributed by atoms with van der Waals surface area (Å²) in [7, 11) is 1.76. The van der Waals surface area contributed by atoms with Crippen LogP contribution in [0.2, 0.25) is 10.0 Å². The number of oxazole rings is 1. The average Bonchev–Trinajstić information content (AvgIpc) is 3.08. The highest BCUT2D eigenvalue weighted by Crippen LogP contribution is 2.30. The number of para-hydroxylation sites is 1. The maximum Gasteiger partial charge on any atom is 0.227 e. The molecule has 3 aromatic rings. The molecule has 0 unspecified atom stereocenters. The van der Waals surface area contributed by atoms with Crippen LogP contribution in [0.15, 0.2) is 59.1 Å². The Balaban J connectivity index is 1.65. The van der Waals surface area contributed by atoms with Crippen molar-refractivity contribution in [2.45, 2.75) is 12.8 Å². The van der Waals surface area contributed by atoms with Crippen molar-refractivity contribution in [1.29, 1.82) is 0 Å². The van der Waals surface area contributed by atoms with Crippen LogP contribution in [-0.2, 0) is 11.2 Å². The number of nitrogens with zero attached hydrogens (tertiary/aromatic N) is 2. The second-order valence-electron chi connectivity index (χ2n) is 5.53. The van der Waals surface area contributed by atoms with Gasteiger partial charge in [0.25, 0.3) is 0 Å². The van der Waals surface area contributed by atoms with Crippen molar-refractivity contribution >= 4 is 34.8 Å². The van der Waals surface area contributed by atoms with Gasteiger partial charge in [-0.1, -0.05) is 41.4 Å². The lowest BCUT2D eigenvalue weighted by Crippen LogP contribution is -2.26. The highest BCUT2D eigenvalue weighted by Gasteiger charge is 2.14. The molecule has 0 N–H and O–H groups in total. The van der Waals surface area contributed by atoms with Crippen molar-refractivity contribution in [1.82, 2.24) is 4.98 Å². The molecule has 2 aromatic carbocycles. The molecule has 0 bridgehead atoms. The summed E-state index contributed by atoms with van der Waals surface area (Å²) in [5.74, 6) is 1.05. The normalized spacial score (nSPS) is 10.7. The summed E-state index contributed by atoms with van der Waals surface area (Å²) >= 11 is 12.1. The fourth-order valence-electron chi connectivity index (χ4n) is 2.42. The van der Waals surface area contributed by atoms with Gasteiger partial charge in [-0.15, -0.1) is 0 Å². The first-order valence-electron chi connectivity index (χ1n) is 7.76. The Hall–Kier alpha value is -2.30. The summed E-state index contributed by atoms with van der Waals surface area (Å²) in [5.41, 5.74) is 1.58. The van der Waals surface area contributed by atoms with E-state index in [1.165, 1.54) is 0 Å². The van der Waals surface area contributed by atoms with Gasteiger partial charge in [0.15, 0.2) is 11.7 Å². The number of benzene rings is 2. The number of carbonyl (C=O) groups excluding carboxylic acids is 1. The van der Waals surface area contributed by atoms with E-state index in [1.807, 2.05) is 30.3 Å². The minimum Gasteiger partial charge on any atom is -0.441 e. The molecular weight excluding hydrogens is 359 g/mol. The fraction of sp³-hybridized carbons (Fsp3) is 0.158. The molecule has 0 saturated heterocycles. The van der Waals surface area contributed by atoms with Crippen molar-refractivity contribution < 1.29 is 9.21 Å². The molecule has 1 aromatic heterocycles. The van der Waals surface area contributed by atoms with Crippen LogP contribution in [-0.4, -0.2) is 17.9 Å². The molecular formula is C19H16Cl2N2O2. The standard InChI is InChI=1S/C19H16Cl2N2O2/c1-23(14-5-3-2-4-6-14)19(24)10-9-18-22-12-17(25-18)15-8-7-13(20)11-16(15)21/h2-8,11-12H,9-10H2,1H3. The van der Waals surface area contributed by atoms with E-state index in [1.54, 1.807) is 36.3 Å². The SMILES string of the molecule is CN(C(=O)CCc1ncc(-c2ccc(Cl)cc2Cl)o1)c1ccccc1. The zero-order valence-corrected chi connectivity index (χ0v) is 15.1. The molecule has 25 heavy (non-hydrogen) atoms. The molecule has 6 heteroatoms. The lowest BCUT2D eigenvalue weighted by atomic mass is 10.2. The summed E-state index contributed by atoms with van der Waals surface area (Å²) in [4.78, 5) is 18.2. The maximum atomic E-state index is 12.3. The van der Waals surface area contributed by atoms with Crippen LogP contribution in [0.4, 0.5) is 5.69 Å². The topological polar surface area (TPSA) is 46.3 Å². The first kappa shape index (κ1) is 17.5. The van der Waals surface area contributed by atoms with E-state index in [4.69, 9.17) is 27.6 Å². The number of carbonyl (C=O) groups is 1. The molecule has 1 heterocycles. The second-order valence-corrected chi connectivity index (χ2v) is 6.37. The third-order valence-electron chi connectivity index (χ3n) is 3.82. The smallest absolute Gasteiger partial charge is 0.227 e. The minimum absolute atomic E-state index is 0.00419. The van der Waals surface area contributed by atoms with Crippen LogP contribution in [0.25, 0.3) is 11.3 Å². The zero-order chi connectivity index (χ0) is 17.8. The molecule has 0 aliphatic heterocycles. The van der Waals surface area contributed by atoms with Gasteiger partial charge in [-0.2, -0.15) is 0 Å². The highest BCUT2D eigenvalue weighted by molar-refractivity contribution is 6.36. The molecule has 0 aliphatic rings. The number of hydrogen-bond donors (Lipinski definition) is 0. The Bertz CT molecular complexity index is 878. The lowest BCUT2D eigenvalue weighted by Gasteiger charge is -2.16. The van der Waals surface area contributed by atoms with Crippen molar-refractivity contribution in [3.63, 3.8) is 0 Å². The molecule has 0 radical (unpaired) electrons. The van der Waals surface area contributed by atoms with Gasteiger partial charge in [0, 0.05) is 36.2 Å². The van der Waals surface area contributed by atoms with Gasteiger partial charge < -0.3 is 9.32 Å². The van der Waals surface area contributed by atoms with E-state index in [0.29, 0.717) is 34.5 Å². The number of anilines is 1. The van der Waals surface area contributed by atoms with Gasteiger partial charge >= 0.3 is 0 Å². The predicted octanol–water partition coefficient (Wildman–Crippen LogP) is 5.24. The van der Waals surface area contributed by atoms with E-state index >= 15 is 0 Å². The van der Waals surface area contributed by atoms with E-state index in [2.05, 4.69) is 4.98 Å². The van der Waals surface area contributed by atoms with Crippen LogP contribution in [0.1, 0.15) is 12.3 Å². The van der Waals surface area contributed by atoms with E-state index in [9.17, 15) is 4.79 Å². The van der Waals surface area contributed by atoms with E-state index in [-0.39, 0.29) is 5.91 Å². The van der Waals surface area contributed by atoms with Crippen LogP contribution in [0, 0.1) is 0 Å². The second kappa shape index (κ2) is 7.72.